The van der Waals surface area contributed by atoms with Crippen molar-refractivity contribution in [2.75, 3.05) is 0 Å². The molecule has 0 bridgehead atoms. The van der Waals surface area contributed by atoms with Gasteiger partial charge in [-0.1, -0.05) is 112 Å². The number of benzene rings is 3. The van der Waals surface area contributed by atoms with Crippen LogP contribution in [0.15, 0.2) is 95.4 Å². The monoisotopic (exact) mass is 499 g/mol. The van der Waals surface area contributed by atoms with Gasteiger partial charge in [-0.25, -0.2) is 4.98 Å². The zero-order chi connectivity index (χ0) is 25.8. The highest BCUT2D eigenvalue weighted by Crippen LogP contribution is 2.42. The molecule has 36 heavy (non-hydrogen) atoms. The standard InChI is InChI=1S/C31H37NO3Si/c1-23-28(29(30(2,3)4)35-36(5)6)34-27(32-23)22-33-31(24-16-10-7-11-17-24,25-18-12-8-13-19-25)26-20-14-9-15-21-26/h7-21,29,36H,22H2,1-6H3. The molecule has 0 aliphatic heterocycles. The number of rotatable bonds is 9. The molecule has 0 radical (unpaired) electrons. The molecule has 4 rings (SSSR count). The van der Waals surface area contributed by atoms with E-state index in [0.717, 1.165) is 28.1 Å². The van der Waals surface area contributed by atoms with Gasteiger partial charge in [0, 0.05) is 0 Å². The summed E-state index contributed by atoms with van der Waals surface area (Å²) >= 11 is 0. The third-order valence-electron chi connectivity index (χ3n) is 6.26. The van der Waals surface area contributed by atoms with Crippen LogP contribution < -0.4 is 0 Å². The summed E-state index contributed by atoms with van der Waals surface area (Å²) in [6.45, 7) is 13.1. The average molecular weight is 500 g/mol. The topological polar surface area (TPSA) is 44.5 Å². The molecule has 1 aromatic heterocycles. The lowest BCUT2D eigenvalue weighted by atomic mass is 9.80. The summed E-state index contributed by atoms with van der Waals surface area (Å²) in [5.74, 6) is 1.35. The molecule has 0 fully saturated rings. The van der Waals surface area contributed by atoms with Crippen LogP contribution in [0.1, 0.15) is 60.9 Å². The summed E-state index contributed by atoms with van der Waals surface area (Å²) in [5, 5.41) is 0. The minimum Gasteiger partial charge on any atom is -0.440 e. The van der Waals surface area contributed by atoms with Crippen molar-refractivity contribution in [3.8, 4) is 0 Å². The van der Waals surface area contributed by atoms with E-state index in [-0.39, 0.29) is 18.1 Å². The summed E-state index contributed by atoms with van der Waals surface area (Å²) in [6, 6.07) is 31.1. The summed E-state index contributed by atoms with van der Waals surface area (Å²) < 4.78 is 19.7. The highest BCUT2D eigenvalue weighted by molar-refractivity contribution is 6.48. The fraction of sp³-hybridized carbons (Fsp3) is 0.323. The number of hydrogen-bond donors (Lipinski definition) is 0. The van der Waals surface area contributed by atoms with E-state index in [4.69, 9.17) is 18.6 Å². The molecule has 0 saturated heterocycles. The summed E-state index contributed by atoms with van der Waals surface area (Å²) in [6.07, 6.45) is -0.146. The van der Waals surface area contributed by atoms with Crippen LogP contribution in [0.5, 0.6) is 0 Å². The van der Waals surface area contributed by atoms with E-state index in [1.54, 1.807) is 0 Å². The Morgan fingerprint density at radius 2 is 1.22 bits per heavy atom. The fourth-order valence-corrected chi connectivity index (χ4v) is 5.72. The van der Waals surface area contributed by atoms with Crippen molar-refractivity contribution in [1.29, 1.82) is 0 Å². The van der Waals surface area contributed by atoms with Gasteiger partial charge in [0.05, 0.1) is 5.69 Å². The average Bonchev–Trinajstić information content (AvgIpc) is 3.24. The second-order valence-electron chi connectivity index (χ2n) is 10.6. The van der Waals surface area contributed by atoms with E-state index < -0.39 is 14.6 Å². The Labute approximate surface area is 217 Å². The van der Waals surface area contributed by atoms with Gasteiger partial charge >= 0.3 is 0 Å². The molecule has 188 valence electrons. The largest absolute Gasteiger partial charge is 0.440 e. The molecule has 1 heterocycles. The second-order valence-corrected chi connectivity index (χ2v) is 12.9. The van der Waals surface area contributed by atoms with Crippen molar-refractivity contribution >= 4 is 9.04 Å². The van der Waals surface area contributed by atoms with Crippen molar-refractivity contribution in [2.24, 2.45) is 5.41 Å². The maximum Gasteiger partial charge on any atom is 0.220 e. The first kappa shape index (κ1) is 26.1. The number of nitrogens with zero attached hydrogens (tertiary/aromatic N) is 1. The Hall–Kier alpha value is -2.99. The van der Waals surface area contributed by atoms with E-state index in [2.05, 4.69) is 70.3 Å². The Kier molecular flexibility index (Phi) is 7.93. The highest BCUT2D eigenvalue weighted by Gasteiger charge is 2.38. The smallest absolute Gasteiger partial charge is 0.220 e. The molecule has 1 unspecified atom stereocenters. The van der Waals surface area contributed by atoms with Gasteiger partial charge < -0.3 is 13.6 Å². The first-order chi connectivity index (χ1) is 17.2. The molecule has 0 amide bonds. The molecule has 0 aliphatic carbocycles. The van der Waals surface area contributed by atoms with Crippen molar-refractivity contribution in [3.63, 3.8) is 0 Å². The van der Waals surface area contributed by atoms with Crippen LogP contribution in [-0.4, -0.2) is 14.0 Å². The van der Waals surface area contributed by atoms with Crippen molar-refractivity contribution in [2.45, 2.75) is 59.1 Å². The number of ether oxygens (including phenoxy) is 1. The first-order valence-electron chi connectivity index (χ1n) is 12.6. The molecule has 5 heteroatoms. The summed E-state index contributed by atoms with van der Waals surface area (Å²) in [4.78, 5) is 4.78. The van der Waals surface area contributed by atoms with Crippen molar-refractivity contribution in [3.05, 3.63) is 125 Å². The Balaban J connectivity index is 1.77. The maximum absolute atomic E-state index is 6.90. The van der Waals surface area contributed by atoms with Gasteiger partial charge in [-0.3, -0.25) is 0 Å². The predicted octanol–water partition coefficient (Wildman–Crippen LogP) is 7.58. The lowest BCUT2D eigenvalue weighted by molar-refractivity contribution is -0.0125. The molecule has 0 aliphatic rings. The summed E-state index contributed by atoms with van der Waals surface area (Å²) in [5.41, 5.74) is 3.07. The lowest BCUT2D eigenvalue weighted by Gasteiger charge is -2.35. The van der Waals surface area contributed by atoms with E-state index in [1.807, 2.05) is 61.5 Å². The minimum atomic E-state index is -1.30. The Morgan fingerprint density at radius 3 is 1.61 bits per heavy atom. The van der Waals surface area contributed by atoms with Crippen molar-refractivity contribution in [1.82, 2.24) is 4.98 Å². The molecule has 4 aromatic rings. The molecule has 0 N–H and O–H groups in total. The quantitative estimate of drug-likeness (QED) is 0.176. The zero-order valence-corrected chi connectivity index (χ0v) is 23.3. The van der Waals surface area contributed by atoms with E-state index >= 15 is 0 Å². The van der Waals surface area contributed by atoms with Crippen LogP contribution in [-0.2, 0) is 21.4 Å². The Bertz CT molecular complexity index is 1130. The molecule has 0 saturated carbocycles. The molecule has 3 aromatic carbocycles. The van der Waals surface area contributed by atoms with E-state index in [1.165, 1.54) is 0 Å². The lowest BCUT2D eigenvalue weighted by Crippen LogP contribution is -2.32. The van der Waals surface area contributed by atoms with Gasteiger partial charge in [-0.15, -0.1) is 0 Å². The van der Waals surface area contributed by atoms with Crippen LogP contribution in [0.3, 0.4) is 0 Å². The number of aryl methyl sites for hydroxylation is 1. The second kappa shape index (κ2) is 11.0. The van der Waals surface area contributed by atoms with Gasteiger partial charge in [-0.2, -0.15) is 0 Å². The Morgan fingerprint density at radius 1 is 0.778 bits per heavy atom. The van der Waals surface area contributed by atoms with Gasteiger partial charge in [0.2, 0.25) is 5.89 Å². The summed E-state index contributed by atoms with van der Waals surface area (Å²) in [7, 11) is -1.30. The third kappa shape index (κ3) is 5.54. The van der Waals surface area contributed by atoms with Crippen LogP contribution >= 0.6 is 0 Å². The number of hydrogen-bond acceptors (Lipinski definition) is 4. The maximum atomic E-state index is 6.90. The molecule has 0 spiro atoms. The van der Waals surface area contributed by atoms with Crippen LogP contribution in [0, 0.1) is 12.3 Å². The van der Waals surface area contributed by atoms with Gasteiger partial charge in [0.1, 0.15) is 18.3 Å². The van der Waals surface area contributed by atoms with Crippen LogP contribution in [0.25, 0.3) is 0 Å². The SMILES string of the molecule is Cc1nc(COC(c2ccccc2)(c2ccccc2)c2ccccc2)oc1C(O[SiH](C)C)C(C)(C)C. The third-order valence-corrected chi connectivity index (χ3v) is 7.08. The predicted molar refractivity (Wildman–Crippen MR) is 147 cm³/mol. The molecular formula is C31H37NO3Si. The van der Waals surface area contributed by atoms with Gasteiger partial charge in [0.25, 0.3) is 0 Å². The normalized spacial score (nSPS) is 13.2. The van der Waals surface area contributed by atoms with Crippen molar-refractivity contribution < 1.29 is 13.6 Å². The molecule has 1 atom stereocenters. The highest BCUT2D eigenvalue weighted by atomic mass is 28.3. The molecular weight excluding hydrogens is 462 g/mol. The first-order valence-corrected chi connectivity index (χ1v) is 15.4. The minimum absolute atomic E-state index is 0.110. The van der Waals surface area contributed by atoms with E-state index in [0.29, 0.717) is 5.89 Å². The van der Waals surface area contributed by atoms with Crippen LogP contribution in [0.2, 0.25) is 13.1 Å². The van der Waals surface area contributed by atoms with Crippen LogP contribution in [0.4, 0.5) is 0 Å². The van der Waals surface area contributed by atoms with E-state index in [9.17, 15) is 0 Å². The molecule has 4 nitrogen and oxygen atoms in total. The zero-order valence-electron chi connectivity index (χ0n) is 22.2. The number of aromatic nitrogens is 1. The van der Waals surface area contributed by atoms with Gasteiger partial charge in [-0.05, 0) is 42.1 Å². The van der Waals surface area contributed by atoms with Gasteiger partial charge in [0.15, 0.2) is 14.8 Å². The number of oxazole rings is 1. The fourth-order valence-electron chi connectivity index (χ4n) is 4.64.